The minimum absolute atomic E-state index is 0.0575. The van der Waals surface area contributed by atoms with Gasteiger partial charge in [0.2, 0.25) is 15.9 Å². The van der Waals surface area contributed by atoms with Crippen molar-refractivity contribution in [2.75, 3.05) is 26.1 Å². The molecule has 0 saturated carbocycles. The number of piperidine rings is 1. The summed E-state index contributed by atoms with van der Waals surface area (Å²) in [5.41, 5.74) is 0.506. The molecule has 1 aliphatic rings. The molecule has 0 aliphatic carbocycles. The number of anilines is 1. The lowest BCUT2D eigenvalue weighted by Crippen LogP contribution is -2.45. The van der Waals surface area contributed by atoms with Gasteiger partial charge in [0.15, 0.2) is 0 Å². The quantitative estimate of drug-likeness (QED) is 0.688. The Bertz CT molecular complexity index is 995. The van der Waals surface area contributed by atoms with Gasteiger partial charge in [-0.25, -0.2) is 8.42 Å². The predicted molar refractivity (Wildman–Crippen MR) is 116 cm³/mol. The third-order valence-electron chi connectivity index (χ3n) is 5.10. The Morgan fingerprint density at radius 1 is 1.13 bits per heavy atom. The fourth-order valence-electron chi connectivity index (χ4n) is 3.55. The van der Waals surface area contributed by atoms with Crippen LogP contribution in [0.2, 0.25) is 5.02 Å². The number of hydrogen-bond acceptors (Lipinski definition) is 5. The average molecular weight is 453 g/mol. The van der Waals surface area contributed by atoms with Crippen molar-refractivity contribution in [3.8, 4) is 11.5 Å². The van der Waals surface area contributed by atoms with E-state index in [1.54, 1.807) is 37.4 Å². The van der Waals surface area contributed by atoms with Crippen LogP contribution in [0.15, 0.2) is 47.4 Å². The van der Waals surface area contributed by atoms with Crippen molar-refractivity contribution >= 4 is 33.2 Å². The minimum Gasteiger partial charge on any atom is -0.497 e. The molecule has 7 nitrogen and oxygen atoms in total. The fraction of sp³-hybridized carbons (Fsp3) is 0.381. The maximum Gasteiger partial charge on any atom is 0.243 e. The molecule has 1 fully saturated rings. The largest absolute Gasteiger partial charge is 0.497 e. The first-order valence-corrected chi connectivity index (χ1v) is 11.5. The molecule has 9 heteroatoms. The van der Waals surface area contributed by atoms with Crippen LogP contribution >= 0.6 is 11.6 Å². The Balaban J connectivity index is 1.75. The monoisotopic (exact) mass is 452 g/mol. The summed E-state index contributed by atoms with van der Waals surface area (Å²) in [7, 11) is -0.661. The molecule has 162 valence electrons. The van der Waals surface area contributed by atoms with E-state index in [9.17, 15) is 13.2 Å². The molecule has 0 aromatic heterocycles. The van der Waals surface area contributed by atoms with Crippen LogP contribution in [0.25, 0.3) is 0 Å². The van der Waals surface area contributed by atoms with Crippen LogP contribution in [0.1, 0.15) is 25.7 Å². The molecule has 30 heavy (non-hydrogen) atoms. The number of methoxy groups -OCH3 is 2. The molecule has 2 aromatic carbocycles. The van der Waals surface area contributed by atoms with Gasteiger partial charge in [0.1, 0.15) is 11.5 Å². The Labute approximate surface area is 182 Å². The van der Waals surface area contributed by atoms with Crippen molar-refractivity contribution < 1.29 is 22.7 Å². The number of carbonyl (C=O) groups excluding carboxylic acids is 1. The van der Waals surface area contributed by atoms with Gasteiger partial charge in [0, 0.05) is 30.1 Å². The van der Waals surface area contributed by atoms with Crippen molar-refractivity contribution in [1.82, 2.24) is 4.31 Å². The van der Waals surface area contributed by atoms with E-state index in [0.29, 0.717) is 35.2 Å². The molecule has 0 radical (unpaired) electrons. The molecule has 1 aliphatic heterocycles. The van der Waals surface area contributed by atoms with Crippen LogP contribution in [-0.4, -0.2) is 45.4 Å². The van der Waals surface area contributed by atoms with Crippen molar-refractivity contribution in [1.29, 1.82) is 0 Å². The number of ether oxygens (including phenoxy) is 2. The first kappa shape index (κ1) is 22.4. The smallest absolute Gasteiger partial charge is 0.243 e. The molecule has 3 rings (SSSR count). The van der Waals surface area contributed by atoms with Crippen molar-refractivity contribution in [3.63, 3.8) is 0 Å². The topological polar surface area (TPSA) is 84.9 Å². The van der Waals surface area contributed by atoms with Gasteiger partial charge in [-0.05, 0) is 49.2 Å². The standard InChI is InChI=1S/C21H25ClN2O5S/c1-28-17-8-11-19(20(14-17)29-2)23-21(25)13-16-5-3-4-12-24(16)30(26,27)18-9-6-15(22)7-10-18/h6-11,14,16H,3-5,12-13H2,1-2H3,(H,23,25)/t16-/m0/s1. The molecule has 1 N–H and O–H groups in total. The second-order valence-corrected chi connectivity index (χ2v) is 9.36. The SMILES string of the molecule is COc1ccc(NC(=O)C[C@@H]2CCCCN2S(=O)(=O)c2ccc(Cl)cc2)c(OC)c1. The van der Waals surface area contributed by atoms with Crippen molar-refractivity contribution in [2.24, 2.45) is 0 Å². The molecular weight excluding hydrogens is 428 g/mol. The summed E-state index contributed by atoms with van der Waals surface area (Å²) >= 11 is 5.89. The number of hydrogen-bond donors (Lipinski definition) is 1. The highest BCUT2D eigenvalue weighted by atomic mass is 35.5. The van der Waals surface area contributed by atoms with E-state index in [1.807, 2.05) is 0 Å². The number of halogens is 1. The Kier molecular flexibility index (Phi) is 7.23. The molecule has 1 atom stereocenters. The van der Waals surface area contributed by atoms with Gasteiger partial charge in [0.25, 0.3) is 0 Å². The first-order valence-electron chi connectivity index (χ1n) is 9.64. The van der Waals surface area contributed by atoms with E-state index in [-0.39, 0.29) is 17.2 Å². The molecule has 2 aromatic rings. The van der Waals surface area contributed by atoms with Gasteiger partial charge in [-0.2, -0.15) is 4.31 Å². The highest BCUT2D eigenvalue weighted by Crippen LogP contribution is 2.31. The normalized spacial score (nSPS) is 17.4. The zero-order chi connectivity index (χ0) is 21.7. The third kappa shape index (κ3) is 5.06. The maximum atomic E-state index is 13.1. The summed E-state index contributed by atoms with van der Waals surface area (Å²) in [6.45, 7) is 0.384. The van der Waals surface area contributed by atoms with Gasteiger partial charge in [-0.1, -0.05) is 18.0 Å². The van der Waals surface area contributed by atoms with E-state index in [4.69, 9.17) is 21.1 Å². The molecule has 0 unspecified atom stereocenters. The molecule has 0 bridgehead atoms. The van der Waals surface area contributed by atoms with Crippen molar-refractivity contribution in [3.05, 3.63) is 47.5 Å². The summed E-state index contributed by atoms with van der Waals surface area (Å²) in [5.74, 6) is 0.802. The number of sulfonamides is 1. The minimum atomic E-state index is -3.71. The maximum absolute atomic E-state index is 13.1. The van der Waals surface area contributed by atoms with Crippen LogP contribution in [0.4, 0.5) is 5.69 Å². The lowest BCUT2D eigenvalue weighted by molar-refractivity contribution is -0.117. The molecule has 1 saturated heterocycles. The van der Waals surface area contributed by atoms with E-state index >= 15 is 0 Å². The Hall–Kier alpha value is -2.29. The molecule has 0 spiro atoms. The summed E-state index contributed by atoms with van der Waals surface area (Å²) in [5, 5.41) is 3.29. The Morgan fingerprint density at radius 2 is 1.87 bits per heavy atom. The zero-order valence-corrected chi connectivity index (χ0v) is 18.5. The summed E-state index contributed by atoms with van der Waals surface area (Å²) in [6, 6.07) is 10.8. The lowest BCUT2D eigenvalue weighted by Gasteiger charge is -2.34. The molecule has 1 amide bonds. The molecular formula is C21H25ClN2O5S. The summed E-state index contributed by atoms with van der Waals surface area (Å²) in [4.78, 5) is 12.9. The number of amides is 1. The van der Waals surface area contributed by atoms with Crippen molar-refractivity contribution in [2.45, 2.75) is 36.6 Å². The predicted octanol–water partition coefficient (Wildman–Crippen LogP) is 3.93. The number of carbonyl (C=O) groups is 1. The van der Waals surface area contributed by atoms with Crippen LogP contribution in [0, 0.1) is 0 Å². The van der Waals surface area contributed by atoms with Crippen LogP contribution < -0.4 is 14.8 Å². The second-order valence-electron chi connectivity index (χ2n) is 7.04. The van der Waals surface area contributed by atoms with Gasteiger partial charge in [0.05, 0.1) is 24.8 Å². The van der Waals surface area contributed by atoms with E-state index in [1.165, 1.54) is 23.5 Å². The summed E-state index contributed by atoms with van der Waals surface area (Å²) in [6.07, 6.45) is 2.32. The number of nitrogens with one attached hydrogen (secondary N) is 1. The van der Waals surface area contributed by atoms with Crippen LogP contribution in [0.5, 0.6) is 11.5 Å². The van der Waals surface area contributed by atoms with Gasteiger partial charge >= 0.3 is 0 Å². The van der Waals surface area contributed by atoms with E-state index in [0.717, 1.165) is 12.8 Å². The number of benzene rings is 2. The fourth-order valence-corrected chi connectivity index (χ4v) is 5.37. The van der Waals surface area contributed by atoms with Gasteiger partial charge in [-0.3, -0.25) is 4.79 Å². The highest BCUT2D eigenvalue weighted by molar-refractivity contribution is 7.89. The second kappa shape index (κ2) is 9.68. The van der Waals surface area contributed by atoms with Gasteiger partial charge in [-0.15, -0.1) is 0 Å². The number of rotatable bonds is 7. The summed E-state index contributed by atoms with van der Waals surface area (Å²) < 4.78 is 38.2. The zero-order valence-electron chi connectivity index (χ0n) is 16.9. The van der Waals surface area contributed by atoms with E-state index < -0.39 is 16.1 Å². The van der Waals surface area contributed by atoms with Gasteiger partial charge < -0.3 is 14.8 Å². The average Bonchev–Trinajstić information content (AvgIpc) is 2.74. The third-order valence-corrected chi connectivity index (χ3v) is 7.32. The van der Waals surface area contributed by atoms with Crippen LogP contribution in [-0.2, 0) is 14.8 Å². The first-order chi connectivity index (χ1) is 14.3. The van der Waals surface area contributed by atoms with Crippen LogP contribution in [0.3, 0.4) is 0 Å². The lowest BCUT2D eigenvalue weighted by atomic mass is 10.0. The molecule has 1 heterocycles. The number of nitrogens with zero attached hydrogens (tertiary/aromatic N) is 1. The Morgan fingerprint density at radius 3 is 2.53 bits per heavy atom. The van der Waals surface area contributed by atoms with E-state index in [2.05, 4.69) is 5.32 Å². The highest BCUT2D eigenvalue weighted by Gasteiger charge is 2.34.